The van der Waals surface area contributed by atoms with Gasteiger partial charge in [0.2, 0.25) is 0 Å². The van der Waals surface area contributed by atoms with Crippen molar-refractivity contribution in [1.29, 1.82) is 0 Å². The first-order valence-corrected chi connectivity index (χ1v) is 11.2. The van der Waals surface area contributed by atoms with Gasteiger partial charge in [-0.3, -0.25) is 0 Å². The molecule has 0 nitrogen and oxygen atoms in total. The van der Waals surface area contributed by atoms with Crippen molar-refractivity contribution in [2.24, 2.45) is 44.8 Å². The summed E-state index contributed by atoms with van der Waals surface area (Å²) in [5.74, 6) is 2.36. The van der Waals surface area contributed by atoms with Crippen LogP contribution >= 0.6 is 0 Å². The molecule has 0 heterocycles. The molecule has 0 aliphatic heterocycles. The predicted molar refractivity (Wildman–Crippen MR) is 115 cm³/mol. The van der Waals surface area contributed by atoms with Crippen LogP contribution in [-0.4, -0.2) is 0 Å². The minimum atomic E-state index is 0.293. The van der Waals surface area contributed by atoms with E-state index in [0.29, 0.717) is 27.1 Å². The van der Waals surface area contributed by atoms with Gasteiger partial charge in [-0.25, -0.2) is 0 Å². The van der Waals surface area contributed by atoms with Crippen molar-refractivity contribution in [3.05, 3.63) is 0 Å². The quantitative estimate of drug-likeness (QED) is 0.411. The van der Waals surface area contributed by atoms with Crippen LogP contribution < -0.4 is 0 Å². The Hall–Kier alpha value is 0. The van der Waals surface area contributed by atoms with Gasteiger partial charge in [-0.15, -0.1) is 0 Å². The maximum atomic E-state index is 2.64. The van der Waals surface area contributed by atoms with Crippen LogP contribution in [0.2, 0.25) is 0 Å². The van der Waals surface area contributed by atoms with Crippen LogP contribution in [0.5, 0.6) is 0 Å². The fourth-order valence-electron chi connectivity index (χ4n) is 8.04. The van der Waals surface area contributed by atoms with Gasteiger partial charge in [-0.1, -0.05) is 103 Å². The van der Waals surface area contributed by atoms with E-state index < -0.39 is 0 Å². The molecule has 4 unspecified atom stereocenters. The average Bonchev–Trinajstić information content (AvgIpc) is 2.49. The maximum Gasteiger partial charge on any atom is -0.0100 e. The fraction of sp³-hybridized carbons (Fsp3) is 1.00. The van der Waals surface area contributed by atoms with Gasteiger partial charge in [0.25, 0.3) is 0 Å². The minimum Gasteiger partial charge on any atom is -0.0654 e. The lowest BCUT2D eigenvalue weighted by Crippen LogP contribution is -2.77. The Kier molecular flexibility index (Phi) is 6.33. The normalized spacial score (nSPS) is 34.3. The number of hydrogen-bond donors (Lipinski definition) is 0. The first-order chi connectivity index (χ1) is 11.2. The van der Waals surface area contributed by atoms with E-state index in [1.807, 2.05) is 0 Å². The van der Waals surface area contributed by atoms with E-state index in [0.717, 1.165) is 17.8 Å². The van der Waals surface area contributed by atoms with Gasteiger partial charge in [-0.05, 0) is 57.7 Å². The van der Waals surface area contributed by atoms with Crippen molar-refractivity contribution >= 4 is 0 Å². The van der Waals surface area contributed by atoms with Crippen molar-refractivity contribution in [2.75, 3.05) is 0 Å². The first kappa shape index (κ1) is 23.0. The average molecular weight is 351 g/mol. The lowest BCUT2D eigenvalue weighted by molar-refractivity contribution is -0.344. The van der Waals surface area contributed by atoms with Crippen LogP contribution in [0, 0.1) is 44.8 Å². The largest absolute Gasteiger partial charge is 0.0654 e. The molecule has 0 aromatic carbocycles. The highest BCUT2D eigenvalue weighted by Crippen LogP contribution is 2.82. The SMILES string of the molecule is CCCC(C)(C)C(C)(C)C1(C(C)(C)CC)C(C(C)C)C(C)C1(C)CC. The topological polar surface area (TPSA) is 0 Å². The summed E-state index contributed by atoms with van der Waals surface area (Å²) >= 11 is 0. The van der Waals surface area contributed by atoms with Crippen LogP contribution in [0.1, 0.15) is 116 Å². The summed E-state index contributed by atoms with van der Waals surface area (Å²) in [7, 11) is 0. The molecule has 0 N–H and O–H groups in total. The third-order valence-electron chi connectivity index (χ3n) is 9.90. The second-order valence-corrected chi connectivity index (χ2v) is 11.6. The molecule has 1 saturated carbocycles. The number of rotatable bonds is 8. The zero-order valence-electron chi connectivity index (χ0n) is 20.1. The van der Waals surface area contributed by atoms with Gasteiger partial charge >= 0.3 is 0 Å². The van der Waals surface area contributed by atoms with E-state index >= 15 is 0 Å². The molecule has 1 aliphatic carbocycles. The van der Waals surface area contributed by atoms with Gasteiger partial charge in [0.15, 0.2) is 0 Å². The van der Waals surface area contributed by atoms with Gasteiger partial charge in [-0.2, -0.15) is 0 Å². The van der Waals surface area contributed by atoms with Crippen molar-refractivity contribution in [1.82, 2.24) is 0 Å². The Morgan fingerprint density at radius 3 is 1.72 bits per heavy atom. The molecule has 0 radical (unpaired) electrons. The molecule has 0 amide bonds. The molecule has 0 bridgehead atoms. The van der Waals surface area contributed by atoms with Crippen molar-refractivity contribution < 1.29 is 0 Å². The first-order valence-electron chi connectivity index (χ1n) is 11.2. The Morgan fingerprint density at radius 1 is 0.920 bits per heavy atom. The molecule has 0 aromatic rings. The Labute approximate surface area is 160 Å². The summed E-state index contributed by atoms with van der Waals surface area (Å²) in [5.41, 5.74) is 1.76. The van der Waals surface area contributed by atoms with E-state index in [-0.39, 0.29) is 0 Å². The number of hydrogen-bond acceptors (Lipinski definition) is 0. The highest BCUT2D eigenvalue weighted by molar-refractivity contribution is 5.24. The van der Waals surface area contributed by atoms with E-state index in [4.69, 9.17) is 0 Å². The molecule has 1 rings (SSSR count). The second-order valence-electron chi connectivity index (χ2n) is 11.6. The Bertz CT molecular complexity index is 453. The molecule has 150 valence electrons. The second kappa shape index (κ2) is 6.87. The molecular formula is C25H50. The third kappa shape index (κ3) is 2.67. The lowest BCUT2D eigenvalue weighted by Gasteiger charge is -2.82. The van der Waals surface area contributed by atoms with E-state index in [1.165, 1.54) is 25.7 Å². The van der Waals surface area contributed by atoms with Crippen LogP contribution in [-0.2, 0) is 0 Å². The third-order valence-corrected chi connectivity index (χ3v) is 9.90. The molecule has 1 aliphatic rings. The van der Waals surface area contributed by atoms with Crippen molar-refractivity contribution in [2.45, 2.75) is 116 Å². The maximum absolute atomic E-state index is 2.64. The molecule has 0 heteroatoms. The zero-order valence-corrected chi connectivity index (χ0v) is 20.1. The Morgan fingerprint density at radius 2 is 1.40 bits per heavy atom. The van der Waals surface area contributed by atoms with Gasteiger partial charge < -0.3 is 0 Å². The molecular weight excluding hydrogens is 300 g/mol. The van der Waals surface area contributed by atoms with Gasteiger partial charge in [0.05, 0.1) is 0 Å². The monoisotopic (exact) mass is 350 g/mol. The fourth-order valence-corrected chi connectivity index (χ4v) is 8.04. The highest BCUT2D eigenvalue weighted by atomic mass is 14.8. The molecule has 4 atom stereocenters. The molecule has 25 heavy (non-hydrogen) atoms. The molecule has 0 saturated heterocycles. The summed E-state index contributed by atoms with van der Waals surface area (Å²) in [5, 5.41) is 0. The molecule has 0 spiro atoms. The summed E-state index contributed by atoms with van der Waals surface area (Å²) in [6.45, 7) is 33.0. The smallest absolute Gasteiger partial charge is 0.0100 e. The molecule has 1 fully saturated rings. The van der Waals surface area contributed by atoms with Crippen molar-refractivity contribution in [3.8, 4) is 0 Å². The van der Waals surface area contributed by atoms with Crippen LogP contribution in [0.15, 0.2) is 0 Å². The Balaban J connectivity index is 3.84. The summed E-state index contributed by atoms with van der Waals surface area (Å²) in [6.07, 6.45) is 5.17. The van der Waals surface area contributed by atoms with E-state index in [1.54, 1.807) is 0 Å². The van der Waals surface area contributed by atoms with Gasteiger partial charge in [0, 0.05) is 0 Å². The molecule has 0 aromatic heterocycles. The van der Waals surface area contributed by atoms with Crippen LogP contribution in [0.3, 0.4) is 0 Å². The predicted octanol–water partition coefficient (Wildman–Crippen LogP) is 8.60. The van der Waals surface area contributed by atoms with Crippen LogP contribution in [0.25, 0.3) is 0 Å². The van der Waals surface area contributed by atoms with E-state index in [9.17, 15) is 0 Å². The van der Waals surface area contributed by atoms with E-state index in [2.05, 4.69) is 90.0 Å². The van der Waals surface area contributed by atoms with Crippen molar-refractivity contribution in [3.63, 3.8) is 0 Å². The van der Waals surface area contributed by atoms with Gasteiger partial charge in [0.1, 0.15) is 0 Å². The zero-order chi connectivity index (χ0) is 20.1. The summed E-state index contributed by atoms with van der Waals surface area (Å²) in [4.78, 5) is 0. The van der Waals surface area contributed by atoms with Crippen LogP contribution in [0.4, 0.5) is 0 Å². The lowest BCUT2D eigenvalue weighted by atomic mass is 9.22. The summed E-state index contributed by atoms with van der Waals surface area (Å²) < 4.78 is 0. The standard InChI is InChI=1S/C25H50/c1-14-17-22(9,10)23(11,12)25(21(7,8)15-2)20(18(4)5)19(6)24(25,13)16-3/h18-20H,14-17H2,1-13H3. The highest BCUT2D eigenvalue weighted by Gasteiger charge is 2.77. The minimum absolute atomic E-state index is 0.293. The summed E-state index contributed by atoms with van der Waals surface area (Å²) in [6, 6.07) is 0.